The fourth-order valence-corrected chi connectivity index (χ4v) is 2.74. The van der Waals surface area contributed by atoms with Gasteiger partial charge < -0.3 is 5.11 Å². The number of hydrogen-bond acceptors (Lipinski definition) is 3. The summed E-state index contributed by atoms with van der Waals surface area (Å²) < 4.78 is 3.35. The molecular formula is C14H16N2O3S. The fourth-order valence-electron chi connectivity index (χ4n) is 1.89. The van der Waals surface area contributed by atoms with Gasteiger partial charge in [-0.25, -0.2) is 9.59 Å². The highest BCUT2D eigenvalue weighted by Crippen LogP contribution is 2.16. The Bertz CT molecular complexity index is 679. The highest BCUT2D eigenvalue weighted by atomic mass is 32.1. The van der Waals surface area contributed by atoms with Gasteiger partial charge >= 0.3 is 11.7 Å². The Hall–Kier alpha value is -2.08. The third kappa shape index (κ3) is 3.48. The van der Waals surface area contributed by atoms with Gasteiger partial charge in [0.25, 0.3) is 0 Å². The third-order valence-corrected chi connectivity index (χ3v) is 3.74. The highest BCUT2D eigenvalue weighted by molar-refractivity contribution is 7.10. The number of hydrogen-bond donors (Lipinski definition) is 1. The van der Waals surface area contributed by atoms with Crippen LogP contribution in [0, 0.1) is 0 Å². The van der Waals surface area contributed by atoms with Crippen LogP contribution in [0.4, 0.5) is 0 Å². The van der Waals surface area contributed by atoms with Crippen molar-refractivity contribution in [3.63, 3.8) is 0 Å². The predicted octanol–water partition coefficient (Wildman–Crippen LogP) is 2.27. The molecule has 0 aliphatic heterocycles. The SMILES string of the molecule is CCCn1ccn(Cc2cc(/C=C/C(=O)O)cs2)c1=O. The molecule has 2 rings (SSSR count). The van der Waals surface area contributed by atoms with Crippen LogP contribution in [0.25, 0.3) is 6.08 Å². The lowest BCUT2D eigenvalue weighted by Crippen LogP contribution is -2.24. The highest BCUT2D eigenvalue weighted by Gasteiger charge is 2.05. The molecule has 0 unspecified atom stereocenters. The Kier molecular flexibility index (Phi) is 4.57. The summed E-state index contributed by atoms with van der Waals surface area (Å²) >= 11 is 1.51. The van der Waals surface area contributed by atoms with Crippen LogP contribution in [0.2, 0.25) is 0 Å². The number of aromatic nitrogens is 2. The summed E-state index contributed by atoms with van der Waals surface area (Å²) in [4.78, 5) is 23.5. The van der Waals surface area contributed by atoms with Gasteiger partial charge in [-0.05, 0) is 29.5 Å². The van der Waals surface area contributed by atoms with Crippen LogP contribution in [0.3, 0.4) is 0 Å². The Balaban J connectivity index is 2.11. The third-order valence-electron chi connectivity index (χ3n) is 2.80. The van der Waals surface area contributed by atoms with Crippen molar-refractivity contribution in [3.8, 4) is 0 Å². The number of nitrogens with zero attached hydrogens (tertiary/aromatic N) is 2. The van der Waals surface area contributed by atoms with E-state index in [9.17, 15) is 9.59 Å². The maximum atomic E-state index is 12.0. The molecule has 2 aromatic heterocycles. The van der Waals surface area contributed by atoms with Crippen LogP contribution in [0.1, 0.15) is 23.8 Å². The second kappa shape index (κ2) is 6.38. The van der Waals surface area contributed by atoms with Crippen LogP contribution in [-0.4, -0.2) is 20.2 Å². The van der Waals surface area contributed by atoms with E-state index in [-0.39, 0.29) is 5.69 Å². The van der Waals surface area contributed by atoms with Gasteiger partial charge in [-0.2, -0.15) is 0 Å². The van der Waals surface area contributed by atoms with E-state index in [0.717, 1.165) is 29.5 Å². The van der Waals surface area contributed by atoms with Crippen LogP contribution in [0.5, 0.6) is 0 Å². The van der Waals surface area contributed by atoms with Crippen molar-refractivity contribution in [1.29, 1.82) is 0 Å². The molecule has 0 radical (unpaired) electrons. The van der Waals surface area contributed by atoms with E-state index in [2.05, 4.69) is 0 Å². The number of imidazole rings is 1. The standard InChI is InChI=1S/C14H16N2O3S/c1-2-5-15-6-7-16(14(15)19)9-12-8-11(10-20-12)3-4-13(17)18/h3-4,6-8,10H,2,5,9H2,1H3,(H,17,18)/b4-3+. The molecule has 0 bridgehead atoms. The maximum absolute atomic E-state index is 12.0. The number of thiophene rings is 1. The molecule has 2 aromatic rings. The zero-order valence-electron chi connectivity index (χ0n) is 11.2. The molecule has 0 atom stereocenters. The molecule has 0 aromatic carbocycles. The van der Waals surface area contributed by atoms with Crippen molar-refractivity contribution in [3.05, 3.63) is 50.8 Å². The summed E-state index contributed by atoms with van der Waals surface area (Å²) in [6.07, 6.45) is 7.16. The summed E-state index contributed by atoms with van der Waals surface area (Å²) in [5, 5.41) is 10.5. The van der Waals surface area contributed by atoms with Crippen molar-refractivity contribution in [2.24, 2.45) is 0 Å². The molecule has 0 saturated carbocycles. The number of aryl methyl sites for hydroxylation is 1. The molecule has 2 heterocycles. The average molecular weight is 292 g/mol. The summed E-state index contributed by atoms with van der Waals surface area (Å²) in [5.41, 5.74) is 0.830. The number of carboxylic acid groups (broad SMARTS) is 1. The smallest absolute Gasteiger partial charge is 0.328 e. The van der Waals surface area contributed by atoms with E-state index in [1.54, 1.807) is 27.6 Å². The van der Waals surface area contributed by atoms with Gasteiger partial charge in [-0.15, -0.1) is 11.3 Å². The first-order chi connectivity index (χ1) is 9.60. The Morgan fingerprint density at radius 1 is 1.40 bits per heavy atom. The molecule has 106 valence electrons. The van der Waals surface area contributed by atoms with E-state index < -0.39 is 5.97 Å². The van der Waals surface area contributed by atoms with E-state index in [0.29, 0.717) is 6.54 Å². The minimum Gasteiger partial charge on any atom is -0.478 e. The molecule has 5 nitrogen and oxygen atoms in total. The number of aliphatic carboxylic acids is 1. The lowest BCUT2D eigenvalue weighted by Gasteiger charge is -1.99. The minimum atomic E-state index is -0.967. The molecule has 20 heavy (non-hydrogen) atoms. The van der Waals surface area contributed by atoms with E-state index in [1.165, 1.54) is 11.3 Å². The van der Waals surface area contributed by atoms with E-state index in [4.69, 9.17) is 5.11 Å². The Morgan fingerprint density at radius 3 is 2.85 bits per heavy atom. The lowest BCUT2D eigenvalue weighted by atomic mass is 10.3. The molecule has 0 fully saturated rings. The number of carbonyl (C=O) groups is 1. The second-order valence-electron chi connectivity index (χ2n) is 4.42. The molecule has 0 aliphatic rings. The first kappa shape index (κ1) is 14.3. The number of carboxylic acids is 1. The van der Waals surface area contributed by atoms with Gasteiger partial charge in [0.2, 0.25) is 0 Å². The molecule has 0 saturated heterocycles. The molecular weight excluding hydrogens is 276 g/mol. The average Bonchev–Trinajstić information content (AvgIpc) is 2.98. The van der Waals surface area contributed by atoms with Gasteiger partial charge in [0, 0.05) is 29.9 Å². The number of rotatable bonds is 6. The van der Waals surface area contributed by atoms with Gasteiger partial charge in [0.15, 0.2) is 0 Å². The van der Waals surface area contributed by atoms with Crippen molar-refractivity contribution < 1.29 is 9.90 Å². The second-order valence-corrected chi connectivity index (χ2v) is 5.42. The van der Waals surface area contributed by atoms with E-state index >= 15 is 0 Å². The largest absolute Gasteiger partial charge is 0.478 e. The minimum absolute atomic E-state index is 0.0112. The van der Waals surface area contributed by atoms with Crippen molar-refractivity contribution >= 4 is 23.4 Å². The summed E-state index contributed by atoms with van der Waals surface area (Å²) in [6, 6.07) is 1.90. The van der Waals surface area contributed by atoms with Gasteiger partial charge in [-0.1, -0.05) is 6.92 Å². The molecule has 0 spiro atoms. The fraction of sp³-hybridized carbons (Fsp3) is 0.286. The Morgan fingerprint density at radius 2 is 2.15 bits per heavy atom. The van der Waals surface area contributed by atoms with Crippen LogP contribution >= 0.6 is 11.3 Å². The quantitative estimate of drug-likeness (QED) is 0.831. The van der Waals surface area contributed by atoms with E-state index in [1.807, 2.05) is 18.4 Å². The summed E-state index contributed by atoms with van der Waals surface area (Å²) in [5.74, 6) is -0.967. The van der Waals surface area contributed by atoms with Crippen LogP contribution in [-0.2, 0) is 17.9 Å². The predicted molar refractivity (Wildman–Crippen MR) is 79.1 cm³/mol. The zero-order chi connectivity index (χ0) is 14.5. The van der Waals surface area contributed by atoms with Crippen molar-refractivity contribution in [2.75, 3.05) is 0 Å². The molecule has 0 aliphatic carbocycles. The topological polar surface area (TPSA) is 64.2 Å². The van der Waals surface area contributed by atoms with Crippen molar-refractivity contribution in [1.82, 2.24) is 9.13 Å². The monoisotopic (exact) mass is 292 g/mol. The first-order valence-corrected chi connectivity index (χ1v) is 7.22. The van der Waals surface area contributed by atoms with Crippen LogP contribution in [0.15, 0.2) is 34.7 Å². The summed E-state index contributed by atoms with van der Waals surface area (Å²) in [6.45, 7) is 3.27. The van der Waals surface area contributed by atoms with Crippen LogP contribution < -0.4 is 5.69 Å². The molecule has 6 heteroatoms. The van der Waals surface area contributed by atoms with Gasteiger partial charge in [0.1, 0.15) is 0 Å². The van der Waals surface area contributed by atoms with Gasteiger partial charge in [0.05, 0.1) is 6.54 Å². The van der Waals surface area contributed by atoms with Gasteiger partial charge in [-0.3, -0.25) is 9.13 Å². The summed E-state index contributed by atoms with van der Waals surface area (Å²) in [7, 11) is 0. The Labute approximate surface area is 120 Å². The van der Waals surface area contributed by atoms with Crippen molar-refractivity contribution in [2.45, 2.75) is 26.4 Å². The molecule has 0 amide bonds. The lowest BCUT2D eigenvalue weighted by molar-refractivity contribution is -0.131. The normalized spacial score (nSPS) is 11.2. The zero-order valence-corrected chi connectivity index (χ0v) is 12.0. The molecule has 1 N–H and O–H groups in total. The first-order valence-electron chi connectivity index (χ1n) is 6.34. The maximum Gasteiger partial charge on any atom is 0.328 e.